The van der Waals surface area contributed by atoms with Crippen LogP contribution in [0.5, 0.6) is 0 Å². The first kappa shape index (κ1) is 14.5. The molecule has 0 aromatic carbocycles. The summed E-state index contributed by atoms with van der Waals surface area (Å²) in [5.74, 6) is -0.682. The predicted molar refractivity (Wildman–Crippen MR) is 78.7 cm³/mol. The molecular weight excluding hydrogens is 258 g/mol. The van der Waals surface area contributed by atoms with Gasteiger partial charge in [-0.2, -0.15) is 0 Å². The number of nitrogens with zero attached hydrogens (tertiary/aromatic N) is 1. The lowest BCUT2D eigenvalue weighted by molar-refractivity contribution is -0.138. The van der Waals surface area contributed by atoms with Crippen molar-refractivity contribution in [3.8, 4) is 0 Å². The summed E-state index contributed by atoms with van der Waals surface area (Å²) in [6.07, 6.45) is 2.41. The maximum absolute atomic E-state index is 10.9. The molecule has 3 nitrogen and oxygen atoms in total. The zero-order valence-corrected chi connectivity index (χ0v) is 12.8. The predicted octanol–water partition coefficient (Wildman–Crippen LogP) is 3.48. The average molecular weight is 281 g/mol. The highest BCUT2D eigenvalue weighted by Crippen LogP contribution is 2.31. The Bertz CT molecular complexity index is 447. The third-order valence-electron chi connectivity index (χ3n) is 3.67. The van der Waals surface area contributed by atoms with Crippen molar-refractivity contribution in [2.45, 2.75) is 58.0 Å². The SMILES string of the molecule is CC(C)(C)c1ccc(CN2CCCC2CC(=O)O)s1. The van der Waals surface area contributed by atoms with Crippen molar-refractivity contribution in [3.63, 3.8) is 0 Å². The van der Waals surface area contributed by atoms with E-state index in [1.165, 1.54) is 9.75 Å². The summed E-state index contributed by atoms with van der Waals surface area (Å²) in [5, 5.41) is 8.94. The van der Waals surface area contributed by atoms with E-state index in [9.17, 15) is 4.79 Å². The smallest absolute Gasteiger partial charge is 0.304 e. The molecule has 1 atom stereocenters. The van der Waals surface area contributed by atoms with Crippen LogP contribution in [0.1, 0.15) is 49.8 Å². The number of rotatable bonds is 4. The maximum Gasteiger partial charge on any atom is 0.304 e. The standard InChI is InChI=1S/C15H23NO2S/c1-15(2,3)13-7-6-12(19-13)10-16-8-4-5-11(16)9-14(17)18/h6-7,11H,4-5,8-10H2,1-3H3,(H,17,18). The van der Waals surface area contributed by atoms with Crippen molar-refractivity contribution in [1.82, 2.24) is 4.90 Å². The number of hydrogen-bond acceptors (Lipinski definition) is 3. The van der Waals surface area contributed by atoms with Crippen molar-refractivity contribution in [2.75, 3.05) is 6.54 Å². The Balaban J connectivity index is 2.00. The molecule has 0 spiro atoms. The van der Waals surface area contributed by atoms with E-state index in [0.717, 1.165) is 25.9 Å². The Hall–Kier alpha value is -0.870. The number of hydrogen-bond donors (Lipinski definition) is 1. The Morgan fingerprint density at radius 3 is 2.79 bits per heavy atom. The lowest BCUT2D eigenvalue weighted by atomic mass is 9.95. The van der Waals surface area contributed by atoms with E-state index >= 15 is 0 Å². The Labute approximate surface area is 119 Å². The minimum atomic E-state index is -0.682. The van der Waals surface area contributed by atoms with Crippen LogP contribution in [0.25, 0.3) is 0 Å². The van der Waals surface area contributed by atoms with E-state index in [-0.39, 0.29) is 17.9 Å². The zero-order chi connectivity index (χ0) is 14.0. The molecule has 0 bridgehead atoms. The number of thiophene rings is 1. The molecule has 1 aliphatic heterocycles. The number of carboxylic acids is 1. The van der Waals surface area contributed by atoms with E-state index in [4.69, 9.17) is 5.11 Å². The van der Waals surface area contributed by atoms with Crippen LogP contribution >= 0.6 is 11.3 Å². The van der Waals surface area contributed by atoms with Crippen molar-refractivity contribution in [2.24, 2.45) is 0 Å². The highest BCUT2D eigenvalue weighted by atomic mass is 32.1. The van der Waals surface area contributed by atoms with E-state index < -0.39 is 5.97 Å². The molecule has 1 aromatic heterocycles. The summed E-state index contributed by atoms with van der Waals surface area (Å²) in [6, 6.07) is 4.63. The van der Waals surface area contributed by atoms with Gasteiger partial charge in [0.1, 0.15) is 0 Å². The highest BCUT2D eigenvalue weighted by molar-refractivity contribution is 7.12. The molecule has 4 heteroatoms. The van der Waals surface area contributed by atoms with Crippen LogP contribution in [-0.4, -0.2) is 28.6 Å². The second kappa shape index (κ2) is 5.63. The molecule has 1 saturated heterocycles. The quantitative estimate of drug-likeness (QED) is 0.918. The van der Waals surface area contributed by atoms with Gasteiger partial charge < -0.3 is 5.11 Å². The summed E-state index contributed by atoms with van der Waals surface area (Å²) in [7, 11) is 0. The van der Waals surface area contributed by atoms with E-state index in [2.05, 4.69) is 37.8 Å². The molecule has 2 rings (SSSR count). The summed E-state index contributed by atoms with van der Waals surface area (Å²) in [6.45, 7) is 8.61. The normalized spacial score (nSPS) is 20.9. The van der Waals surface area contributed by atoms with E-state index in [1.807, 2.05) is 11.3 Å². The second-order valence-corrected chi connectivity index (χ2v) is 7.55. The van der Waals surface area contributed by atoms with Gasteiger partial charge in [0.05, 0.1) is 6.42 Å². The lowest BCUT2D eigenvalue weighted by Crippen LogP contribution is -2.30. The summed E-state index contributed by atoms with van der Waals surface area (Å²) in [5.41, 5.74) is 0.203. The van der Waals surface area contributed by atoms with Gasteiger partial charge in [-0.3, -0.25) is 9.69 Å². The van der Waals surface area contributed by atoms with Crippen molar-refractivity contribution in [3.05, 3.63) is 21.9 Å². The molecule has 1 N–H and O–H groups in total. The summed E-state index contributed by atoms with van der Waals surface area (Å²) < 4.78 is 0. The van der Waals surface area contributed by atoms with Gasteiger partial charge in [-0.1, -0.05) is 20.8 Å². The first-order valence-corrected chi connectivity index (χ1v) is 7.73. The average Bonchev–Trinajstić information content (AvgIpc) is 2.88. The molecule has 1 unspecified atom stereocenters. The summed E-state index contributed by atoms with van der Waals surface area (Å²) in [4.78, 5) is 15.9. The molecule has 2 heterocycles. The van der Waals surface area contributed by atoms with Crippen LogP contribution in [0.4, 0.5) is 0 Å². The number of carbonyl (C=O) groups is 1. The third kappa shape index (κ3) is 3.80. The molecule has 0 amide bonds. The van der Waals surface area contributed by atoms with Crippen LogP contribution in [0.15, 0.2) is 12.1 Å². The number of likely N-dealkylation sites (tertiary alicyclic amines) is 1. The first-order valence-electron chi connectivity index (χ1n) is 6.91. The molecule has 1 aromatic rings. The maximum atomic E-state index is 10.9. The topological polar surface area (TPSA) is 40.5 Å². The molecule has 106 valence electrons. The van der Waals surface area contributed by atoms with Gasteiger partial charge in [0.25, 0.3) is 0 Å². The van der Waals surface area contributed by atoms with Crippen molar-refractivity contribution >= 4 is 17.3 Å². The number of aliphatic carboxylic acids is 1. The minimum absolute atomic E-state index is 0.203. The lowest BCUT2D eigenvalue weighted by Gasteiger charge is -2.22. The summed E-state index contributed by atoms with van der Waals surface area (Å²) >= 11 is 1.86. The third-order valence-corrected chi connectivity index (χ3v) is 5.16. The molecule has 0 aliphatic carbocycles. The van der Waals surface area contributed by atoms with E-state index in [1.54, 1.807) is 0 Å². The first-order chi connectivity index (χ1) is 8.86. The van der Waals surface area contributed by atoms with Crippen molar-refractivity contribution < 1.29 is 9.90 Å². The highest BCUT2D eigenvalue weighted by Gasteiger charge is 2.27. The zero-order valence-electron chi connectivity index (χ0n) is 12.0. The Kier molecular flexibility index (Phi) is 4.31. The van der Waals surface area contributed by atoms with Crippen LogP contribution in [0, 0.1) is 0 Å². The molecular formula is C15H23NO2S. The minimum Gasteiger partial charge on any atom is -0.481 e. The molecule has 1 fully saturated rings. The molecule has 19 heavy (non-hydrogen) atoms. The fourth-order valence-electron chi connectivity index (χ4n) is 2.60. The number of carboxylic acid groups (broad SMARTS) is 1. The van der Waals surface area contributed by atoms with Crippen LogP contribution < -0.4 is 0 Å². The van der Waals surface area contributed by atoms with Gasteiger partial charge in [-0.15, -0.1) is 11.3 Å². The van der Waals surface area contributed by atoms with Gasteiger partial charge in [-0.05, 0) is 36.9 Å². The Morgan fingerprint density at radius 1 is 1.47 bits per heavy atom. The molecule has 0 saturated carbocycles. The van der Waals surface area contributed by atoms with Gasteiger partial charge in [0.2, 0.25) is 0 Å². The van der Waals surface area contributed by atoms with Crippen LogP contribution in [-0.2, 0) is 16.8 Å². The van der Waals surface area contributed by atoms with Crippen LogP contribution in [0.2, 0.25) is 0 Å². The van der Waals surface area contributed by atoms with Gasteiger partial charge in [-0.25, -0.2) is 0 Å². The van der Waals surface area contributed by atoms with Gasteiger partial charge >= 0.3 is 5.97 Å². The van der Waals surface area contributed by atoms with Crippen molar-refractivity contribution in [1.29, 1.82) is 0 Å². The fraction of sp³-hybridized carbons (Fsp3) is 0.667. The molecule has 1 aliphatic rings. The largest absolute Gasteiger partial charge is 0.481 e. The Morgan fingerprint density at radius 2 is 2.21 bits per heavy atom. The van der Waals surface area contributed by atoms with E-state index in [0.29, 0.717) is 0 Å². The second-order valence-electron chi connectivity index (χ2n) is 6.38. The molecule has 0 radical (unpaired) electrons. The fourth-order valence-corrected chi connectivity index (χ4v) is 3.69. The van der Waals surface area contributed by atoms with Gasteiger partial charge in [0, 0.05) is 22.3 Å². The van der Waals surface area contributed by atoms with Gasteiger partial charge in [0.15, 0.2) is 0 Å². The monoisotopic (exact) mass is 281 g/mol. The van der Waals surface area contributed by atoms with Crippen LogP contribution in [0.3, 0.4) is 0 Å².